The summed E-state index contributed by atoms with van der Waals surface area (Å²) in [5.41, 5.74) is 0. The van der Waals surface area contributed by atoms with Crippen LogP contribution in [0.2, 0.25) is 0 Å². The number of hydrogen-bond donors (Lipinski definition) is 0. The Labute approximate surface area is 123 Å². The van der Waals surface area contributed by atoms with E-state index in [0.717, 1.165) is 25.8 Å². The molecule has 1 unspecified atom stereocenters. The molecule has 2 rings (SSSR count). The van der Waals surface area contributed by atoms with E-state index in [4.69, 9.17) is 0 Å². The molecule has 20 heavy (non-hydrogen) atoms. The molecule has 0 aromatic carbocycles. The number of nitrogens with zero attached hydrogens (tertiary/aromatic N) is 1. The highest BCUT2D eigenvalue weighted by Crippen LogP contribution is 2.28. The van der Waals surface area contributed by atoms with Crippen molar-refractivity contribution in [3.05, 3.63) is 0 Å². The van der Waals surface area contributed by atoms with Crippen molar-refractivity contribution in [1.82, 2.24) is 4.90 Å². The van der Waals surface area contributed by atoms with E-state index >= 15 is 0 Å². The zero-order chi connectivity index (χ0) is 14.4. The van der Waals surface area contributed by atoms with Gasteiger partial charge in [0.1, 0.15) is 5.78 Å². The lowest BCUT2D eigenvalue weighted by molar-refractivity contribution is -0.135. The highest BCUT2D eigenvalue weighted by Gasteiger charge is 2.28. The van der Waals surface area contributed by atoms with Crippen LogP contribution in [0, 0.1) is 5.92 Å². The van der Waals surface area contributed by atoms with Gasteiger partial charge >= 0.3 is 0 Å². The van der Waals surface area contributed by atoms with Crippen molar-refractivity contribution in [2.75, 3.05) is 6.54 Å². The summed E-state index contributed by atoms with van der Waals surface area (Å²) < 4.78 is 0. The maximum absolute atomic E-state index is 12.6. The fourth-order valence-electron chi connectivity index (χ4n) is 3.81. The average Bonchev–Trinajstić information content (AvgIpc) is 2.64. The highest BCUT2D eigenvalue weighted by atomic mass is 16.2. The van der Waals surface area contributed by atoms with Gasteiger partial charge in [-0.2, -0.15) is 0 Å². The van der Waals surface area contributed by atoms with Crippen LogP contribution in [0.5, 0.6) is 0 Å². The minimum atomic E-state index is 0.172. The third-order valence-corrected chi connectivity index (χ3v) is 4.91. The van der Waals surface area contributed by atoms with Crippen LogP contribution < -0.4 is 0 Å². The molecule has 2 fully saturated rings. The standard InChI is InChI=1S/C17H29NO2/c1-14(19)12-16-10-6-3-7-11-18(16)17(20)13-15-8-4-2-5-9-15/h15-16H,2-13H2,1H3. The summed E-state index contributed by atoms with van der Waals surface area (Å²) in [4.78, 5) is 26.1. The molecule has 1 saturated carbocycles. The van der Waals surface area contributed by atoms with Gasteiger partial charge in [0, 0.05) is 25.4 Å². The number of rotatable bonds is 4. The molecule has 1 atom stereocenters. The smallest absolute Gasteiger partial charge is 0.223 e. The topological polar surface area (TPSA) is 37.4 Å². The molecule has 2 aliphatic rings. The molecule has 0 radical (unpaired) electrons. The zero-order valence-corrected chi connectivity index (χ0v) is 12.9. The first-order chi connectivity index (χ1) is 9.66. The van der Waals surface area contributed by atoms with Gasteiger partial charge in [0.05, 0.1) is 0 Å². The molecular formula is C17H29NO2. The zero-order valence-electron chi connectivity index (χ0n) is 12.9. The predicted octanol–water partition coefficient (Wildman–Crippen LogP) is 3.71. The van der Waals surface area contributed by atoms with Gasteiger partial charge in [-0.25, -0.2) is 0 Å². The van der Waals surface area contributed by atoms with Crippen LogP contribution in [-0.2, 0) is 9.59 Å². The summed E-state index contributed by atoms with van der Waals surface area (Å²) in [6, 6.07) is 0.172. The van der Waals surface area contributed by atoms with Gasteiger partial charge in [-0.15, -0.1) is 0 Å². The number of carbonyl (C=O) groups excluding carboxylic acids is 2. The summed E-state index contributed by atoms with van der Waals surface area (Å²) in [6.07, 6.45) is 12.1. The number of likely N-dealkylation sites (tertiary alicyclic amines) is 1. The average molecular weight is 279 g/mol. The van der Waals surface area contributed by atoms with E-state index in [1.807, 2.05) is 4.90 Å². The first kappa shape index (κ1) is 15.5. The molecule has 0 aromatic rings. The third-order valence-electron chi connectivity index (χ3n) is 4.91. The normalized spacial score (nSPS) is 25.2. The van der Waals surface area contributed by atoms with Crippen molar-refractivity contribution in [2.45, 2.75) is 83.6 Å². The van der Waals surface area contributed by atoms with Crippen molar-refractivity contribution < 1.29 is 9.59 Å². The van der Waals surface area contributed by atoms with Crippen molar-refractivity contribution >= 4 is 11.7 Å². The fraction of sp³-hybridized carbons (Fsp3) is 0.882. The van der Waals surface area contributed by atoms with Gasteiger partial charge in [0.15, 0.2) is 0 Å². The quantitative estimate of drug-likeness (QED) is 0.786. The van der Waals surface area contributed by atoms with Crippen LogP contribution in [0.25, 0.3) is 0 Å². The second-order valence-corrected chi connectivity index (χ2v) is 6.70. The van der Waals surface area contributed by atoms with E-state index in [0.29, 0.717) is 24.7 Å². The van der Waals surface area contributed by atoms with Gasteiger partial charge in [0.25, 0.3) is 0 Å². The van der Waals surface area contributed by atoms with E-state index in [1.54, 1.807) is 6.92 Å². The van der Waals surface area contributed by atoms with Gasteiger partial charge in [-0.1, -0.05) is 32.1 Å². The number of ketones is 1. The molecular weight excluding hydrogens is 250 g/mol. The molecule has 0 spiro atoms. The Morgan fingerprint density at radius 2 is 1.55 bits per heavy atom. The third kappa shape index (κ3) is 4.60. The molecule has 1 aliphatic heterocycles. The number of Topliss-reactive ketones (excluding diaryl/α,β-unsaturated/α-hetero) is 1. The molecule has 0 bridgehead atoms. The second-order valence-electron chi connectivity index (χ2n) is 6.70. The molecule has 0 aromatic heterocycles. The lowest BCUT2D eigenvalue weighted by atomic mass is 9.86. The SMILES string of the molecule is CC(=O)CC1CCCCCN1C(=O)CC1CCCCC1. The Balaban J connectivity index is 1.93. The van der Waals surface area contributed by atoms with Crippen LogP contribution in [-0.4, -0.2) is 29.2 Å². The van der Waals surface area contributed by atoms with Crippen LogP contribution in [0.3, 0.4) is 0 Å². The summed E-state index contributed by atoms with van der Waals surface area (Å²) in [5.74, 6) is 1.12. The van der Waals surface area contributed by atoms with E-state index < -0.39 is 0 Å². The minimum Gasteiger partial charge on any atom is -0.339 e. The maximum Gasteiger partial charge on any atom is 0.223 e. The largest absolute Gasteiger partial charge is 0.339 e. The van der Waals surface area contributed by atoms with Crippen LogP contribution in [0.1, 0.15) is 77.6 Å². The molecule has 1 aliphatic carbocycles. The molecule has 1 heterocycles. The summed E-state index contributed by atoms with van der Waals surface area (Å²) in [7, 11) is 0. The Kier molecular flexibility index (Phi) is 6.06. The molecule has 1 amide bonds. The van der Waals surface area contributed by atoms with Crippen molar-refractivity contribution in [2.24, 2.45) is 5.92 Å². The highest BCUT2D eigenvalue weighted by molar-refractivity contribution is 5.79. The number of carbonyl (C=O) groups is 2. The lowest BCUT2D eigenvalue weighted by Crippen LogP contribution is -2.41. The van der Waals surface area contributed by atoms with E-state index in [-0.39, 0.29) is 11.8 Å². The first-order valence-corrected chi connectivity index (χ1v) is 8.45. The van der Waals surface area contributed by atoms with Crippen LogP contribution in [0.4, 0.5) is 0 Å². The summed E-state index contributed by atoms with van der Waals surface area (Å²) >= 11 is 0. The van der Waals surface area contributed by atoms with E-state index in [2.05, 4.69) is 0 Å². The monoisotopic (exact) mass is 279 g/mol. The Morgan fingerprint density at radius 3 is 2.25 bits per heavy atom. The first-order valence-electron chi connectivity index (χ1n) is 8.45. The molecule has 3 nitrogen and oxygen atoms in total. The molecule has 1 saturated heterocycles. The van der Waals surface area contributed by atoms with Crippen LogP contribution in [0.15, 0.2) is 0 Å². The van der Waals surface area contributed by atoms with E-state index in [9.17, 15) is 9.59 Å². The molecule has 114 valence electrons. The second kappa shape index (κ2) is 7.80. The number of hydrogen-bond acceptors (Lipinski definition) is 2. The maximum atomic E-state index is 12.6. The van der Waals surface area contributed by atoms with Crippen molar-refractivity contribution in [3.63, 3.8) is 0 Å². The molecule has 3 heteroatoms. The van der Waals surface area contributed by atoms with Gasteiger partial charge < -0.3 is 4.90 Å². The van der Waals surface area contributed by atoms with Gasteiger partial charge in [0.2, 0.25) is 5.91 Å². The Morgan fingerprint density at radius 1 is 0.900 bits per heavy atom. The predicted molar refractivity (Wildman–Crippen MR) is 80.5 cm³/mol. The lowest BCUT2D eigenvalue weighted by Gasteiger charge is -2.31. The Hall–Kier alpha value is -0.860. The number of amides is 1. The van der Waals surface area contributed by atoms with Gasteiger partial charge in [-0.3, -0.25) is 9.59 Å². The van der Waals surface area contributed by atoms with E-state index in [1.165, 1.54) is 38.5 Å². The minimum absolute atomic E-state index is 0.172. The van der Waals surface area contributed by atoms with Crippen LogP contribution >= 0.6 is 0 Å². The fourth-order valence-corrected chi connectivity index (χ4v) is 3.81. The molecule has 0 N–H and O–H groups in total. The van der Waals surface area contributed by atoms with Crippen molar-refractivity contribution in [3.8, 4) is 0 Å². The summed E-state index contributed by atoms with van der Waals surface area (Å²) in [6.45, 7) is 2.51. The summed E-state index contributed by atoms with van der Waals surface area (Å²) in [5, 5.41) is 0. The Bertz CT molecular complexity index is 334. The van der Waals surface area contributed by atoms with Crippen molar-refractivity contribution in [1.29, 1.82) is 0 Å². The van der Waals surface area contributed by atoms with Gasteiger partial charge in [-0.05, 0) is 38.5 Å².